The zero-order valence-electron chi connectivity index (χ0n) is 10.8. The molecule has 1 N–H and O–H groups in total. The van der Waals surface area contributed by atoms with Crippen molar-refractivity contribution in [3.8, 4) is 0 Å². The molecule has 0 saturated heterocycles. The molecule has 0 aliphatic heterocycles. The molecule has 0 aliphatic rings. The molecule has 0 radical (unpaired) electrons. The second-order valence-corrected chi connectivity index (χ2v) is 4.14. The SMILES string of the molecule is Cc1cc(C(=O)O)nc(N(C)CC(=O)N(C)C)n1. The first-order chi connectivity index (χ1) is 8.31. The Morgan fingerprint density at radius 3 is 2.39 bits per heavy atom. The molecule has 7 nitrogen and oxygen atoms in total. The lowest BCUT2D eigenvalue weighted by Gasteiger charge is -2.19. The van der Waals surface area contributed by atoms with Crippen molar-refractivity contribution in [3.05, 3.63) is 17.5 Å². The number of likely N-dealkylation sites (N-methyl/N-ethyl adjacent to an activating group) is 2. The van der Waals surface area contributed by atoms with E-state index in [1.165, 1.54) is 15.9 Å². The number of carboxylic acid groups (broad SMARTS) is 1. The minimum atomic E-state index is -1.12. The van der Waals surface area contributed by atoms with Crippen molar-refractivity contribution >= 4 is 17.8 Å². The first-order valence-electron chi connectivity index (χ1n) is 5.31. The number of carboxylic acids is 1. The molecule has 0 unspecified atom stereocenters. The van der Waals surface area contributed by atoms with Crippen LogP contribution in [0.2, 0.25) is 0 Å². The van der Waals surface area contributed by atoms with E-state index >= 15 is 0 Å². The highest BCUT2D eigenvalue weighted by Crippen LogP contribution is 2.09. The molecule has 0 saturated carbocycles. The molecule has 0 spiro atoms. The monoisotopic (exact) mass is 252 g/mol. The Morgan fingerprint density at radius 1 is 1.28 bits per heavy atom. The number of aryl methyl sites for hydroxylation is 1. The van der Waals surface area contributed by atoms with E-state index in [4.69, 9.17) is 5.11 Å². The Balaban J connectivity index is 2.95. The van der Waals surface area contributed by atoms with Crippen LogP contribution in [-0.4, -0.2) is 59.5 Å². The van der Waals surface area contributed by atoms with Gasteiger partial charge in [-0.25, -0.2) is 14.8 Å². The average Bonchev–Trinajstić information content (AvgIpc) is 2.27. The normalized spacial score (nSPS) is 10.0. The summed E-state index contributed by atoms with van der Waals surface area (Å²) in [5, 5.41) is 8.90. The number of hydrogen-bond acceptors (Lipinski definition) is 5. The van der Waals surface area contributed by atoms with Crippen molar-refractivity contribution < 1.29 is 14.7 Å². The van der Waals surface area contributed by atoms with E-state index in [2.05, 4.69) is 9.97 Å². The van der Waals surface area contributed by atoms with Crippen molar-refractivity contribution in [3.63, 3.8) is 0 Å². The standard InChI is InChI=1S/C11H16N4O3/c1-7-5-8(10(17)18)13-11(12-7)15(4)6-9(16)14(2)3/h5H,6H2,1-4H3,(H,17,18). The molecule has 0 atom stereocenters. The van der Waals surface area contributed by atoms with E-state index in [0.717, 1.165) is 0 Å². The summed E-state index contributed by atoms with van der Waals surface area (Å²) in [5.74, 6) is -1.00. The van der Waals surface area contributed by atoms with Gasteiger partial charge in [-0.1, -0.05) is 0 Å². The fraction of sp³-hybridized carbons (Fsp3) is 0.455. The highest BCUT2D eigenvalue weighted by atomic mass is 16.4. The third kappa shape index (κ3) is 3.41. The van der Waals surface area contributed by atoms with Gasteiger partial charge in [0.1, 0.15) is 0 Å². The molecule has 98 valence electrons. The van der Waals surface area contributed by atoms with Crippen LogP contribution in [0, 0.1) is 6.92 Å². The molecule has 1 amide bonds. The zero-order valence-corrected chi connectivity index (χ0v) is 10.8. The molecule has 18 heavy (non-hydrogen) atoms. The van der Waals surface area contributed by atoms with Gasteiger partial charge in [-0.05, 0) is 13.0 Å². The summed E-state index contributed by atoms with van der Waals surface area (Å²) in [6.07, 6.45) is 0. The van der Waals surface area contributed by atoms with Gasteiger partial charge in [-0.3, -0.25) is 4.79 Å². The van der Waals surface area contributed by atoms with Gasteiger partial charge in [0.15, 0.2) is 5.69 Å². The number of anilines is 1. The smallest absolute Gasteiger partial charge is 0.354 e. The summed E-state index contributed by atoms with van der Waals surface area (Å²) in [4.78, 5) is 33.4. The molecule has 1 aromatic rings. The molecular weight excluding hydrogens is 236 g/mol. The lowest BCUT2D eigenvalue weighted by atomic mass is 10.3. The van der Waals surface area contributed by atoms with Crippen LogP contribution >= 0.6 is 0 Å². The molecule has 0 fully saturated rings. The topological polar surface area (TPSA) is 86.6 Å². The number of carbonyl (C=O) groups excluding carboxylic acids is 1. The van der Waals surface area contributed by atoms with Gasteiger partial charge in [-0.2, -0.15) is 0 Å². The highest BCUT2D eigenvalue weighted by molar-refractivity contribution is 5.86. The Morgan fingerprint density at radius 2 is 1.89 bits per heavy atom. The van der Waals surface area contributed by atoms with E-state index in [1.807, 2.05) is 0 Å². The van der Waals surface area contributed by atoms with E-state index in [-0.39, 0.29) is 24.1 Å². The fourth-order valence-corrected chi connectivity index (χ4v) is 1.25. The van der Waals surface area contributed by atoms with Crippen molar-refractivity contribution in [2.24, 2.45) is 0 Å². The molecule has 0 aromatic carbocycles. The van der Waals surface area contributed by atoms with Crippen molar-refractivity contribution in [1.29, 1.82) is 0 Å². The number of nitrogens with zero attached hydrogens (tertiary/aromatic N) is 4. The van der Waals surface area contributed by atoms with Crippen LogP contribution in [0.1, 0.15) is 16.2 Å². The maximum absolute atomic E-state index is 11.5. The fourth-order valence-electron chi connectivity index (χ4n) is 1.25. The quantitative estimate of drug-likeness (QED) is 0.812. The number of hydrogen-bond donors (Lipinski definition) is 1. The Hall–Kier alpha value is -2.18. The van der Waals surface area contributed by atoms with Crippen molar-refractivity contribution in [1.82, 2.24) is 14.9 Å². The van der Waals surface area contributed by atoms with Gasteiger partial charge < -0.3 is 14.9 Å². The largest absolute Gasteiger partial charge is 0.477 e. The van der Waals surface area contributed by atoms with Crippen LogP contribution in [0.4, 0.5) is 5.95 Å². The summed E-state index contributed by atoms with van der Waals surface area (Å²) >= 11 is 0. The van der Waals surface area contributed by atoms with Crippen LogP contribution in [0.5, 0.6) is 0 Å². The predicted octanol–water partition coefficient (Wildman–Crippen LogP) is 0.00762. The molecule has 1 heterocycles. The number of aromatic nitrogens is 2. The maximum atomic E-state index is 11.5. The van der Waals surface area contributed by atoms with Crippen LogP contribution in [0.25, 0.3) is 0 Å². The van der Waals surface area contributed by atoms with Crippen molar-refractivity contribution in [2.75, 3.05) is 32.6 Å². The number of aromatic carboxylic acids is 1. The van der Waals surface area contributed by atoms with E-state index in [9.17, 15) is 9.59 Å². The Bertz CT molecular complexity index is 473. The van der Waals surface area contributed by atoms with Crippen LogP contribution in [0.3, 0.4) is 0 Å². The lowest BCUT2D eigenvalue weighted by molar-refractivity contribution is -0.127. The summed E-state index contributed by atoms with van der Waals surface area (Å²) in [7, 11) is 4.94. The van der Waals surface area contributed by atoms with Gasteiger partial charge in [0.2, 0.25) is 11.9 Å². The van der Waals surface area contributed by atoms with Crippen LogP contribution in [-0.2, 0) is 4.79 Å². The summed E-state index contributed by atoms with van der Waals surface area (Å²) in [5.41, 5.74) is 0.461. The molecular formula is C11H16N4O3. The van der Waals surface area contributed by atoms with E-state index in [1.54, 1.807) is 28.1 Å². The third-order valence-corrected chi connectivity index (χ3v) is 2.27. The Labute approximate surface area is 105 Å². The number of carbonyl (C=O) groups is 2. The Kier molecular flexibility index (Phi) is 4.19. The molecule has 7 heteroatoms. The second-order valence-electron chi connectivity index (χ2n) is 4.14. The lowest BCUT2D eigenvalue weighted by Crippen LogP contribution is -2.35. The first-order valence-corrected chi connectivity index (χ1v) is 5.31. The average molecular weight is 252 g/mol. The predicted molar refractivity (Wildman–Crippen MR) is 65.7 cm³/mol. The summed E-state index contributed by atoms with van der Waals surface area (Å²) in [6, 6.07) is 1.38. The number of amides is 1. The number of rotatable bonds is 4. The van der Waals surface area contributed by atoms with Gasteiger partial charge in [0.25, 0.3) is 0 Å². The summed E-state index contributed by atoms with van der Waals surface area (Å²) < 4.78 is 0. The first kappa shape index (κ1) is 13.9. The molecule has 1 rings (SSSR count). The molecule has 1 aromatic heterocycles. The minimum Gasteiger partial charge on any atom is -0.477 e. The van der Waals surface area contributed by atoms with E-state index in [0.29, 0.717) is 5.69 Å². The summed E-state index contributed by atoms with van der Waals surface area (Å²) in [6.45, 7) is 1.77. The van der Waals surface area contributed by atoms with Gasteiger partial charge in [-0.15, -0.1) is 0 Å². The van der Waals surface area contributed by atoms with Crippen molar-refractivity contribution in [2.45, 2.75) is 6.92 Å². The van der Waals surface area contributed by atoms with Crippen LogP contribution < -0.4 is 4.90 Å². The zero-order chi connectivity index (χ0) is 13.9. The second kappa shape index (κ2) is 5.44. The minimum absolute atomic E-state index is 0.0818. The van der Waals surface area contributed by atoms with E-state index < -0.39 is 5.97 Å². The van der Waals surface area contributed by atoms with Gasteiger partial charge in [0.05, 0.1) is 6.54 Å². The van der Waals surface area contributed by atoms with Crippen LogP contribution in [0.15, 0.2) is 6.07 Å². The molecule has 0 aliphatic carbocycles. The van der Waals surface area contributed by atoms with Gasteiger partial charge in [0, 0.05) is 26.8 Å². The highest BCUT2D eigenvalue weighted by Gasteiger charge is 2.14. The molecule has 0 bridgehead atoms. The maximum Gasteiger partial charge on any atom is 0.354 e. The third-order valence-electron chi connectivity index (χ3n) is 2.27. The van der Waals surface area contributed by atoms with Gasteiger partial charge >= 0.3 is 5.97 Å².